The van der Waals surface area contributed by atoms with Gasteiger partial charge in [0.15, 0.2) is 0 Å². The van der Waals surface area contributed by atoms with Crippen molar-refractivity contribution in [1.82, 2.24) is 0 Å². The number of halogens is 2. The molecule has 0 saturated carbocycles. The first kappa shape index (κ1) is 30.9. The second kappa shape index (κ2) is 24.0. The topological polar surface area (TPSA) is 0 Å². The Bertz CT molecular complexity index is 266. The van der Waals surface area contributed by atoms with Crippen LogP contribution < -0.4 is 12.4 Å². The maximum atomic E-state index is 3.61. The van der Waals surface area contributed by atoms with E-state index in [4.69, 9.17) is 0 Å². The zero-order valence-electron chi connectivity index (χ0n) is 19.8. The van der Waals surface area contributed by atoms with Gasteiger partial charge in [0.2, 0.25) is 0 Å². The lowest BCUT2D eigenvalue weighted by Gasteiger charge is -2.35. The molecule has 0 aliphatic rings. The monoisotopic (exact) mass is 481 g/mol. The minimum Gasteiger partial charge on any atom is -1.00 e. The number of quaternary nitrogens is 1. The van der Waals surface area contributed by atoms with Gasteiger partial charge in [-0.2, -0.15) is 0 Å². The van der Waals surface area contributed by atoms with Crippen LogP contribution in [0, 0.1) is 0 Å². The minimum atomic E-state index is 0. The van der Waals surface area contributed by atoms with Gasteiger partial charge in [0, 0.05) is 5.33 Å². The van der Waals surface area contributed by atoms with Gasteiger partial charge < -0.3 is 16.9 Å². The van der Waals surface area contributed by atoms with Crippen molar-refractivity contribution in [3.8, 4) is 0 Å². The molecule has 0 fully saturated rings. The largest absolute Gasteiger partial charge is 1.00 e. The van der Waals surface area contributed by atoms with Crippen LogP contribution >= 0.6 is 15.9 Å². The summed E-state index contributed by atoms with van der Waals surface area (Å²) in [6.45, 7) is 8.82. The molecule has 0 rings (SSSR count). The smallest absolute Gasteiger partial charge is 0.0784 e. The maximum Gasteiger partial charge on any atom is 0.0784 e. The first-order chi connectivity index (χ1) is 13.2. The summed E-state index contributed by atoms with van der Waals surface area (Å²) >= 11 is 3.61. The Morgan fingerprint density at radius 1 is 0.464 bits per heavy atom. The number of nitrogens with zero attached hydrogens (tertiary/aromatic N) is 1. The highest BCUT2D eigenvalue weighted by molar-refractivity contribution is 9.09. The Labute approximate surface area is 193 Å². The van der Waals surface area contributed by atoms with E-state index in [-0.39, 0.29) is 12.4 Å². The highest BCUT2D eigenvalue weighted by Gasteiger charge is 2.19. The molecule has 0 aliphatic carbocycles. The fraction of sp³-hybridized carbons (Fsp3) is 1.00. The maximum absolute atomic E-state index is 3.61. The van der Waals surface area contributed by atoms with Crippen molar-refractivity contribution < 1.29 is 16.9 Å². The Hall–Kier alpha value is 0.730. The molecule has 0 atom stereocenters. The van der Waals surface area contributed by atoms with Crippen molar-refractivity contribution >= 4 is 15.9 Å². The van der Waals surface area contributed by atoms with Crippen LogP contribution in [0.3, 0.4) is 0 Å². The third-order valence-corrected chi connectivity index (χ3v) is 6.75. The van der Waals surface area contributed by atoms with E-state index in [1.165, 1.54) is 145 Å². The van der Waals surface area contributed by atoms with E-state index < -0.39 is 0 Å². The Morgan fingerprint density at radius 2 is 0.750 bits per heavy atom. The van der Waals surface area contributed by atoms with Gasteiger partial charge in [-0.3, -0.25) is 0 Å². The second-order valence-electron chi connectivity index (χ2n) is 9.14. The standard InChI is InChI=1S/C25H53BrN.ClH/c1-4-6-8-10-12-14-16-19-23-27(3,25-21-18-22-26)24-20-17-15-13-11-9-7-5-2;/h4-25H2,1-3H3;1H/q+1;/p-1. The number of unbranched alkanes of at least 4 members (excludes halogenated alkanes) is 15. The summed E-state index contributed by atoms with van der Waals surface area (Å²) in [6.07, 6.45) is 25.8. The van der Waals surface area contributed by atoms with E-state index in [1.54, 1.807) is 0 Å². The first-order valence-corrected chi connectivity index (χ1v) is 13.7. The second-order valence-corrected chi connectivity index (χ2v) is 9.93. The molecule has 0 heterocycles. The van der Waals surface area contributed by atoms with Gasteiger partial charge >= 0.3 is 0 Å². The van der Waals surface area contributed by atoms with Gasteiger partial charge in [0.25, 0.3) is 0 Å². The van der Waals surface area contributed by atoms with Crippen molar-refractivity contribution in [3.63, 3.8) is 0 Å². The Kier molecular flexibility index (Phi) is 26.5. The summed E-state index contributed by atoms with van der Waals surface area (Å²) in [4.78, 5) is 0. The quantitative estimate of drug-likeness (QED) is 0.102. The minimum absolute atomic E-state index is 0. The molecule has 0 amide bonds. The van der Waals surface area contributed by atoms with Crippen molar-refractivity contribution in [1.29, 1.82) is 0 Å². The molecule has 0 unspecified atom stereocenters. The number of hydrogen-bond donors (Lipinski definition) is 0. The van der Waals surface area contributed by atoms with E-state index in [2.05, 4.69) is 36.8 Å². The van der Waals surface area contributed by atoms with Crippen LogP contribution in [-0.2, 0) is 0 Å². The molecule has 0 spiro atoms. The van der Waals surface area contributed by atoms with Gasteiger partial charge in [-0.1, -0.05) is 107 Å². The normalized spacial score (nSPS) is 11.6. The van der Waals surface area contributed by atoms with Gasteiger partial charge in [-0.25, -0.2) is 0 Å². The van der Waals surface area contributed by atoms with Gasteiger partial charge in [-0.05, 0) is 38.5 Å². The lowest BCUT2D eigenvalue weighted by atomic mass is 10.1. The van der Waals surface area contributed by atoms with Gasteiger partial charge in [0.05, 0.1) is 26.7 Å². The molecule has 0 aromatic carbocycles. The highest BCUT2D eigenvalue weighted by atomic mass is 79.9. The van der Waals surface area contributed by atoms with Crippen LogP contribution in [0.15, 0.2) is 0 Å². The number of alkyl halides is 1. The fourth-order valence-corrected chi connectivity index (χ4v) is 4.57. The van der Waals surface area contributed by atoms with E-state index in [0.717, 1.165) is 0 Å². The molecule has 172 valence electrons. The zero-order valence-corrected chi connectivity index (χ0v) is 22.1. The van der Waals surface area contributed by atoms with E-state index in [9.17, 15) is 0 Å². The molecule has 1 nitrogen and oxygen atoms in total. The molecule has 0 aliphatic heterocycles. The number of rotatable bonds is 22. The third kappa shape index (κ3) is 21.4. The predicted molar refractivity (Wildman–Crippen MR) is 129 cm³/mol. The van der Waals surface area contributed by atoms with Gasteiger partial charge in [0.1, 0.15) is 0 Å². The van der Waals surface area contributed by atoms with Crippen LogP contribution in [0.25, 0.3) is 0 Å². The molecular formula is C25H53BrClN. The molecule has 0 N–H and O–H groups in total. The number of hydrogen-bond acceptors (Lipinski definition) is 0. The van der Waals surface area contributed by atoms with Crippen LogP contribution in [-0.4, -0.2) is 36.5 Å². The fourth-order valence-electron chi connectivity index (χ4n) is 4.18. The summed E-state index contributed by atoms with van der Waals surface area (Å²) < 4.78 is 1.33. The molecule has 0 radical (unpaired) electrons. The van der Waals surface area contributed by atoms with Crippen molar-refractivity contribution in [2.24, 2.45) is 0 Å². The Balaban J connectivity index is 0. The van der Waals surface area contributed by atoms with Crippen LogP contribution in [0.2, 0.25) is 0 Å². The molecule has 3 heteroatoms. The summed E-state index contributed by atoms with van der Waals surface area (Å²) in [6, 6.07) is 0. The van der Waals surface area contributed by atoms with Gasteiger partial charge in [-0.15, -0.1) is 0 Å². The average molecular weight is 483 g/mol. The van der Waals surface area contributed by atoms with Crippen molar-refractivity contribution in [2.45, 2.75) is 129 Å². The summed E-state index contributed by atoms with van der Waals surface area (Å²) in [7, 11) is 2.54. The zero-order chi connectivity index (χ0) is 20.1. The third-order valence-electron chi connectivity index (χ3n) is 6.18. The summed E-state index contributed by atoms with van der Waals surface area (Å²) in [5, 5.41) is 1.17. The lowest BCUT2D eigenvalue weighted by molar-refractivity contribution is -0.910. The van der Waals surface area contributed by atoms with E-state index in [0.29, 0.717) is 0 Å². The molecule has 0 bridgehead atoms. The SMILES string of the molecule is CCCCCCCCCC[N+](C)(CCCCBr)CCCCCCCCCC.[Cl-]. The molecule has 0 aromatic rings. The molecule has 28 heavy (non-hydrogen) atoms. The first-order valence-electron chi connectivity index (χ1n) is 12.6. The Morgan fingerprint density at radius 3 is 1.07 bits per heavy atom. The van der Waals surface area contributed by atoms with Crippen LogP contribution in [0.5, 0.6) is 0 Å². The van der Waals surface area contributed by atoms with E-state index >= 15 is 0 Å². The van der Waals surface area contributed by atoms with E-state index in [1.807, 2.05) is 0 Å². The predicted octanol–water partition coefficient (Wildman–Crippen LogP) is 5.89. The summed E-state index contributed by atoms with van der Waals surface area (Å²) in [5.41, 5.74) is 0. The van der Waals surface area contributed by atoms with Crippen molar-refractivity contribution in [2.75, 3.05) is 32.0 Å². The van der Waals surface area contributed by atoms with Crippen molar-refractivity contribution in [3.05, 3.63) is 0 Å². The molecular weight excluding hydrogens is 430 g/mol. The summed E-state index contributed by atoms with van der Waals surface area (Å²) in [5.74, 6) is 0. The highest BCUT2D eigenvalue weighted by Crippen LogP contribution is 2.16. The molecule has 0 aromatic heterocycles. The van der Waals surface area contributed by atoms with Crippen LogP contribution in [0.4, 0.5) is 0 Å². The lowest BCUT2D eigenvalue weighted by Crippen LogP contribution is -3.00. The average Bonchev–Trinajstić information content (AvgIpc) is 2.66. The molecule has 0 saturated heterocycles. The van der Waals surface area contributed by atoms with Crippen LogP contribution in [0.1, 0.15) is 129 Å².